The summed E-state index contributed by atoms with van der Waals surface area (Å²) in [4.78, 5) is 21.1. The number of rotatable bonds is 12. The highest BCUT2D eigenvalue weighted by Crippen LogP contribution is 2.41. The Labute approximate surface area is 252 Å². The number of nitrogens with zero attached hydrogens (tertiary/aromatic N) is 2. The lowest BCUT2D eigenvalue weighted by Gasteiger charge is -2.27. The lowest BCUT2D eigenvalue weighted by atomic mass is 9.98. The zero-order valence-electron chi connectivity index (χ0n) is 24.7. The average molecular weight is 584 g/mol. The molecule has 0 atom stereocenters. The standard InChI is InChI=1S/C35H41N3O3S/c1-3-5-6-17-37-24-25(23-36)11-7-16-32-26(10-4-2)28-13-9-14-29(35(28)42-32)27-12-8-15-30-31(39)22-33(41-34(27)30)38-18-20-40-21-19-38/h7-9,12-16,22-24H,3-6,10-11,17-21,36H2,1-2H3/b16-7-,25-23-,37-24?. The van der Waals surface area contributed by atoms with Crippen molar-refractivity contribution in [3.05, 3.63) is 81.0 Å². The molecule has 0 bridgehead atoms. The number of unbranched alkanes of at least 4 members (excludes halogenated alkanes) is 2. The topological polar surface area (TPSA) is 81.1 Å². The van der Waals surface area contributed by atoms with E-state index in [0.717, 1.165) is 48.9 Å². The van der Waals surface area contributed by atoms with Crippen molar-refractivity contribution in [2.24, 2.45) is 10.7 Å². The average Bonchev–Trinajstić information content (AvgIpc) is 3.37. The van der Waals surface area contributed by atoms with Gasteiger partial charge in [0.25, 0.3) is 0 Å². The molecule has 7 heteroatoms. The second kappa shape index (κ2) is 14.5. The van der Waals surface area contributed by atoms with Gasteiger partial charge in [0.1, 0.15) is 5.58 Å². The first-order valence-corrected chi connectivity index (χ1v) is 16.0. The highest BCUT2D eigenvalue weighted by atomic mass is 32.1. The van der Waals surface area contributed by atoms with E-state index in [0.29, 0.717) is 43.2 Å². The number of para-hydroxylation sites is 1. The Hall–Kier alpha value is -3.68. The first-order valence-electron chi connectivity index (χ1n) is 15.2. The summed E-state index contributed by atoms with van der Waals surface area (Å²) in [5, 5.41) is 1.86. The molecule has 0 amide bonds. The number of hydrogen-bond donors (Lipinski definition) is 1. The van der Waals surface area contributed by atoms with E-state index in [9.17, 15) is 4.79 Å². The number of anilines is 1. The van der Waals surface area contributed by atoms with Gasteiger partial charge in [-0.25, -0.2) is 0 Å². The van der Waals surface area contributed by atoms with Crippen LogP contribution in [0.3, 0.4) is 0 Å². The van der Waals surface area contributed by atoms with Crippen molar-refractivity contribution in [3.63, 3.8) is 0 Å². The summed E-state index contributed by atoms with van der Waals surface area (Å²) in [7, 11) is 0. The second-order valence-corrected chi connectivity index (χ2v) is 11.8. The van der Waals surface area contributed by atoms with E-state index in [1.54, 1.807) is 23.6 Å². The Kier molecular flexibility index (Phi) is 10.3. The fourth-order valence-corrected chi connectivity index (χ4v) is 6.77. The van der Waals surface area contributed by atoms with Crippen LogP contribution in [0.5, 0.6) is 0 Å². The van der Waals surface area contributed by atoms with Crippen LogP contribution in [-0.2, 0) is 11.2 Å². The molecule has 1 fully saturated rings. The molecular formula is C35H41N3O3S. The summed E-state index contributed by atoms with van der Waals surface area (Å²) in [5.41, 5.74) is 10.9. The van der Waals surface area contributed by atoms with Crippen molar-refractivity contribution in [3.8, 4) is 11.1 Å². The molecule has 42 heavy (non-hydrogen) atoms. The van der Waals surface area contributed by atoms with Gasteiger partial charge in [-0.3, -0.25) is 9.79 Å². The molecule has 6 nitrogen and oxygen atoms in total. The Morgan fingerprint density at radius 1 is 1.05 bits per heavy atom. The minimum Gasteiger partial charge on any atom is -0.440 e. The smallest absolute Gasteiger partial charge is 0.200 e. The van der Waals surface area contributed by atoms with Gasteiger partial charge in [-0.2, -0.15) is 0 Å². The maximum absolute atomic E-state index is 13.2. The van der Waals surface area contributed by atoms with Crippen molar-refractivity contribution in [2.75, 3.05) is 37.7 Å². The van der Waals surface area contributed by atoms with Crippen LogP contribution >= 0.6 is 11.3 Å². The van der Waals surface area contributed by atoms with Gasteiger partial charge in [0.15, 0.2) is 11.3 Å². The summed E-state index contributed by atoms with van der Waals surface area (Å²) >= 11 is 1.80. The molecule has 4 aromatic rings. The van der Waals surface area contributed by atoms with Crippen molar-refractivity contribution in [1.29, 1.82) is 0 Å². The number of hydrogen-bond acceptors (Lipinski definition) is 7. The van der Waals surface area contributed by atoms with Gasteiger partial charge < -0.3 is 19.8 Å². The maximum atomic E-state index is 13.2. The SMILES string of the molecule is CCCCCN=C/C(=C\N)C/C=C\c1sc2c(-c3cccc4c(=O)cc(N5CCOCC5)oc34)cccc2c1CCC. The van der Waals surface area contributed by atoms with Crippen LogP contribution in [0.15, 0.2) is 74.5 Å². The van der Waals surface area contributed by atoms with Gasteiger partial charge in [-0.1, -0.05) is 69.5 Å². The number of morpholine rings is 1. The Bertz CT molecular complexity index is 1660. The number of aryl methyl sites for hydroxylation is 1. The summed E-state index contributed by atoms with van der Waals surface area (Å²) < 4.78 is 13.2. The number of aliphatic imine (C=N–C) groups is 1. The number of benzene rings is 2. The monoisotopic (exact) mass is 583 g/mol. The van der Waals surface area contributed by atoms with Crippen LogP contribution in [0.2, 0.25) is 0 Å². The van der Waals surface area contributed by atoms with Crippen LogP contribution in [0.4, 0.5) is 5.88 Å². The van der Waals surface area contributed by atoms with E-state index < -0.39 is 0 Å². The molecule has 2 aromatic carbocycles. The molecule has 1 aliphatic rings. The summed E-state index contributed by atoms with van der Waals surface area (Å²) in [6.07, 6.45) is 14.3. The fraction of sp³-hybridized carbons (Fsp3) is 0.371. The van der Waals surface area contributed by atoms with Crippen LogP contribution in [0.25, 0.3) is 38.3 Å². The molecule has 0 aliphatic carbocycles. The predicted octanol–water partition coefficient (Wildman–Crippen LogP) is 7.97. The molecule has 5 rings (SSSR count). The minimum atomic E-state index is -0.0223. The van der Waals surface area contributed by atoms with Crippen molar-refractivity contribution in [2.45, 2.75) is 52.4 Å². The predicted molar refractivity (Wildman–Crippen MR) is 179 cm³/mol. The van der Waals surface area contributed by atoms with E-state index in [-0.39, 0.29) is 5.43 Å². The molecule has 0 saturated carbocycles. The molecule has 1 aliphatic heterocycles. The molecule has 0 spiro atoms. The van der Waals surface area contributed by atoms with Gasteiger partial charge in [-0.05, 0) is 54.1 Å². The Morgan fingerprint density at radius 3 is 2.60 bits per heavy atom. The molecule has 220 valence electrons. The quantitative estimate of drug-likeness (QED) is 0.135. The van der Waals surface area contributed by atoms with Gasteiger partial charge in [0, 0.05) is 52.6 Å². The third kappa shape index (κ3) is 6.69. The molecule has 2 aromatic heterocycles. The molecule has 0 radical (unpaired) electrons. The van der Waals surface area contributed by atoms with Crippen molar-refractivity contribution >= 4 is 50.6 Å². The minimum absolute atomic E-state index is 0.0223. The molecule has 0 unspecified atom stereocenters. The van der Waals surface area contributed by atoms with Crippen molar-refractivity contribution < 1.29 is 9.15 Å². The largest absolute Gasteiger partial charge is 0.440 e. The number of allylic oxidation sites excluding steroid dienone is 2. The second-order valence-electron chi connectivity index (χ2n) is 10.7. The zero-order chi connectivity index (χ0) is 29.3. The van der Waals surface area contributed by atoms with Crippen LogP contribution in [-0.4, -0.2) is 39.1 Å². The summed E-state index contributed by atoms with van der Waals surface area (Å²) in [6, 6.07) is 14.0. The van der Waals surface area contributed by atoms with Crippen LogP contribution < -0.4 is 16.1 Å². The third-order valence-corrected chi connectivity index (χ3v) is 8.94. The van der Waals surface area contributed by atoms with E-state index in [1.165, 1.54) is 33.4 Å². The van der Waals surface area contributed by atoms with E-state index in [1.807, 2.05) is 18.3 Å². The lowest BCUT2D eigenvalue weighted by Crippen LogP contribution is -2.36. The van der Waals surface area contributed by atoms with Gasteiger partial charge in [-0.15, -0.1) is 11.3 Å². The first kappa shape index (κ1) is 29.8. The normalized spacial score (nSPS) is 14.7. The molecular weight excluding hydrogens is 542 g/mol. The highest BCUT2D eigenvalue weighted by molar-refractivity contribution is 7.20. The molecule has 2 N–H and O–H groups in total. The van der Waals surface area contributed by atoms with E-state index >= 15 is 0 Å². The van der Waals surface area contributed by atoms with E-state index in [4.69, 9.17) is 14.9 Å². The van der Waals surface area contributed by atoms with E-state index in [2.05, 4.69) is 60.2 Å². The number of ether oxygens (including phenoxy) is 1. The van der Waals surface area contributed by atoms with Crippen LogP contribution in [0, 0.1) is 0 Å². The van der Waals surface area contributed by atoms with Gasteiger partial charge in [0.05, 0.1) is 18.6 Å². The Balaban J connectivity index is 1.51. The maximum Gasteiger partial charge on any atom is 0.200 e. The fourth-order valence-electron chi connectivity index (χ4n) is 5.46. The number of nitrogens with two attached hydrogens (primary N) is 1. The lowest BCUT2D eigenvalue weighted by molar-refractivity contribution is 0.121. The summed E-state index contributed by atoms with van der Waals surface area (Å²) in [5.74, 6) is 0.606. The molecule has 3 heterocycles. The van der Waals surface area contributed by atoms with Gasteiger partial charge >= 0.3 is 0 Å². The van der Waals surface area contributed by atoms with Gasteiger partial charge in [0.2, 0.25) is 0 Å². The van der Waals surface area contributed by atoms with Crippen molar-refractivity contribution in [1.82, 2.24) is 0 Å². The number of thiophene rings is 1. The zero-order valence-corrected chi connectivity index (χ0v) is 25.6. The third-order valence-electron chi connectivity index (χ3n) is 7.69. The summed E-state index contributed by atoms with van der Waals surface area (Å²) in [6.45, 7) is 7.93. The highest BCUT2D eigenvalue weighted by Gasteiger charge is 2.19. The first-order chi connectivity index (χ1) is 20.6. The number of fused-ring (bicyclic) bond motifs is 2. The van der Waals surface area contributed by atoms with Crippen LogP contribution in [0.1, 0.15) is 56.4 Å². The Morgan fingerprint density at radius 2 is 1.83 bits per heavy atom. The molecule has 1 saturated heterocycles.